The van der Waals surface area contributed by atoms with Crippen LogP contribution in [0.4, 0.5) is 4.79 Å². The lowest BCUT2D eigenvalue weighted by Gasteiger charge is -2.37. The maximum atomic E-state index is 12.2. The van der Waals surface area contributed by atoms with Crippen LogP contribution in [0.15, 0.2) is 0 Å². The summed E-state index contributed by atoms with van der Waals surface area (Å²) in [5.74, 6) is -0.434. The van der Waals surface area contributed by atoms with E-state index in [0.29, 0.717) is 6.54 Å². The Bertz CT molecular complexity index is 353. The highest BCUT2D eigenvalue weighted by molar-refractivity contribution is 5.85. The maximum Gasteiger partial charge on any atom is 0.408 e. The number of aliphatic hydroxyl groups excluding tert-OH is 1. The molecule has 0 heterocycles. The third kappa shape index (κ3) is 8.79. The number of carbonyl (C=O) groups is 2. The van der Waals surface area contributed by atoms with Crippen molar-refractivity contribution in [1.82, 2.24) is 10.2 Å². The van der Waals surface area contributed by atoms with Crippen molar-refractivity contribution in [2.24, 2.45) is 0 Å². The topological polar surface area (TPSA) is 89.9 Å². The zero-order valence-corrected chi connectivity index (χ0v) is 15.1. The fraction of sp³-hybridized carbons (Fsp3) is 0.882. The Morgan fingerprint density at radius 3 is 2.00 bits per heavy atom. The Morgan fingerprint density at radius 2 is 1.57 bits per heavy atom. The monoisotopic (exact) mass is 330 g/mol. The Labute approximate surface area is 140 Å². The van der Waals surface area contributed by atoms with Crippen LogP contribution < -0.4 is 5.32 Å². The SMILES string of the molecule is CCCCCCCCCNC(=O)C(CO)N(C(=O)O)C(C)(C)C. The predicted molar refractivity (Wildman–Crippen MR) is 91.5 cm³/mol. The molecule has 2 amide bonds. The number of unbranched alkanes of at least 4 members (excludes halogenated alkanes) is 6. The first kappa shape index (κ1) is 21.7. The van der Waals surface area contributed by atoms with E-state index in [1.165, 1.54) is 25.7 Å². The van der Waals surface area contributed by atoms with Gasteiger partial charge in [-0.05, 0) is 27.2 Å². The van der Waals surface area contributed by atoms with E-state index in [9.17, 15) is 19.8 Å². The Balaban J connectivity index is 4.22. The van der Waals surface area contributed by atoms with E-state index in [-0.39, 0.29) is 0 Å². The van der Waals surface area contributed by atoms with Gasteiger partial charge in [0.2, 0.25) is 5.91 Å². The van der Waals surface area contributed by atoms with Gasteiger partial charge in [0.15, 0.2) is 0 Å². The predicted octanol–water partition coefficient (Wildman–Crippen LogP) is 2.99. The van der Waals surface area contributed by atoms with Crippen molar-refractivity contribution in [2.75, 3.05) is 13.2 Å². The quantitative estimate of drug-likeness (QED) is 0.508. The molecule has 6 nitrogen and oxygen atoms in total. The molecule has 23 heavy (non-hydrogen) atoms. The van der Waals surface area contributed by atoms with Crippen molar-refractivity contribution in [3.63, 3.8) is 0 Å². The normalized spacial score (nSPS) is 12.7. The van der Waals surface area contributed by atoms with Gasteiger partial charge in [0.1, 0.15) is 6.04 Å². The first-order valence-electron chi connectivity index (χ1n) is 8.66. The van der Waals surface area contributed by atoms with E-state index in [1.54, 1.807) is 20.8 Å². The number of rotatable bonds is 11. The van der Waals surface area contributed by atoms with Crippen molar-refractivity contribution in [2.45, 2.75) is 84.2 Å². The molecule has 1 atom stereocenters. The van der Waals surface area contributed by atoms with E-state index in [2.05, 4.69) is 12.2 Å². The molecule has 3 N–H and O–H groups in total. The van der Waals surface area contributed by atoms with Gasteiger partial charge in [-0.1, -0.05) is 45.4 Å². The molecule has 0 fully saturated rings. The minimum Gasteiger partial charge on any atom is -0.465 e. The highest BCUT2D eigenvalue weighted by Crippen LogP contribution is 2.17. The summed E-state index contributed by atoms with van der Waals surface area (Å²) in [6, 6.07) is -1.07. The average Bonchev–Trinajstić information content (AvgIpc) is 2.45. The second-order valence-corrected chi connectivity index (χ2v) is 6.93. The van der Waals surface area contributed by atoms with Gasteiger partial charge >= 0.3 is 6.09 Å². The molecule has 0 aromatic heterocycles. The van der Waals surface area contributed by atoms with Crippen LogP contribution in [0.5, 0.6) is 0 Å². The van der Waals surface area contributed by atoms with Gasteiger partial charge in [-0.25, -0.2) is 4.79 Å². The van der Waals surface area contributed by atoms with Crippen LogP contribution in [0, 0.1) is 0 Å². The fourth-order valence-corrected chi connectivity index (χ4v) is 2.58. The number of carbonyl (C=O) groups excluding carboxylic acids is 1. The number of hydrogen-bond donors (Lipinski definition) is 3. The molecule has 0 rings (SSSR count). The molecule has 136 valence electrons. The number of carboxylic acid groups (broad SMARTS) is 1. The van der Waals surface area contributed by atoms with Gasteiger partial charge in [0, 0.05) is 12.1 Å². The summed E-state index contributed by atoms with van der Waals surface area (Å²) in [5.41, 5.74) is -0.754. The van der Waals surface area contributed by atoms with E-state index < -0.39 is 30.2 Å². The number of hydrogen-bond acceptors (Lipinski definition) is 3. The van der Waals surface area contributed by atoms with Crippen LogP contribution in [-0.4, -0.2) is 51.8 Å². The van der Waals surface area contributed by atoms with E-state index in [4.69, 9.17) is 0 Å². The van der Waals surface area contributed by atoms with Crippen LogP contribution >= 0.6 is 0 Å². The van der Waals surface area contributed by atoms with E-state index in [1.807, 2.05) is 0 Å². The molecular formula is C17H34N2O4. The summed E-state index contributed by atoms with van der Waals surface area (Å²) in [5, 5.41) is 21.5. The van der Waals surface area contributed by atoms with Crippen LogP contribution in [0.3, 0.4) is 0 Å². The van der Waals surface area contributed by atoms with Gasteiger partial charge in [0.25, 0.3) is 0 Å². The van der Waals surface area contributed by atoms with Crippen molar-refractivity contribution >= 4 is 12.0 Å². The lowest BCUT2D eigenvalue weighted by molar-refractivity contribution is -0.129. The summed E-state index contributed by atoms with van der Waals surface area (Å²) < 4.78 is 0. The largest absolute Gasteiger partial charge is 0.465 e. The molecular weight excluding hydrogens is 296 g/mol. The van der Waals surface area contributed by atoms with Crippen LogP contribution in [0.1, 0.15) is 72.6 Å². The second-order valence-electron chi connectivity index (χ2n) is 6.93. The van der Waals surface area contributed by atoms with Crippen LogP contribution in [0.2, 0.25) is 0 Å². The summed E-state index contributed by atoms with van der Waals surface area (Å²) in [7, 11) is 0. The molecule has 0 aliphatic heterocycles. The van der Waals surface area contributed by atoms with Gasteiger partial charge in [0.05, 0.1) is 6.61 Å². The molecule has 0 saturated carbocycles. The first-order valence-corrected chi connectivity index (χ1v) is 8.66. The summed E-state index contributed by atoms with van der Waals surface area (Å²) in [6.45, 7) is 7.28. The molecule has 0 aliphatic carbocycles. The van der Waals surface area contributed by atoms with Gasteiger partial charge < -0.3 is 15.5 Å². The standard InChI is InChI=1S/C17H34N2O4/c1-5-6-7-8-9-10-11-12-18-15(21)14(13-20)19(16(22)23)17(2,3)4/h14,20H,5-13H2,1-4H3,(H,18,21)(H,22,23). The van der Waals surface area contributed by atoms with Gasteiger partial charge in [-0.15, -0.1) is 0 Å². The fourth-order valence-electron chi connectivity index (χ4n) is 2.58. The highest BCUT2D eigenvalue weighted by Gasteiger charge is 2.36. The molecule has 1 unspecified atom stereocenters. The third-order valence-electron chi connectivity index (χ3n) is 3.80. The van der Waals surface area contributed by atoms with E-state index in [0.717, 1.165) is 24.2 Å². The minimum absolute atomic E-state index is 0.434. The lowest BCUT2D eigenvalue weighted by Crippen LogP contribution is -2.58. The molecule has 0 spiro atoms. The molecule has 0 aromatic rings. The molecule has 0 bridgehead atoms. The van der Waals surface area contributed by atoms with Crippen LogP contribution in [-0.2, 0) is 4.79 Å². The molecule has 0 saturated heterocycles. The smallest absolute Gasteiger partial charge is 0.408 e. The van der Waals surface area contributed by atoms with Crippen LogP contribution in [0.25, 0.3) is 0 Å². The molecule has 0 aliphatic rings. The molecule has 6 heteroatoms. The zero-order valence-electron chi connectivity index (χ0n) is 15.1. The lowest BCUT2D eigenvalue weighted by atomic mass is 10.0. The van der Waals surface area contributed by atoms with Crippen molar-refractivity contribution in [3.8, 4) is 0 Å². The Hall–Kier alpha value is -1.30. The second kappa shape index (κ2) is 11.3. The average molecular weight is 330 g/mol. The molecule has 0 radical (unpaired) electrons. The number of amides is 2. The first-order chi connectivity index (χ1) is 10.8. The molecule has 0 aromatic carbocycles. The van der Waals surface area contributed by atoms with Gasteiger partial charge in [-0.2, -0.15) is 0 Å². The summed E-state index contributed by atoms with van der Waals surface area (Å²) >= 11 is 0. The number of aliphatic hydroxyl groups is 1. The zero-order chi connectivity index (χ0) is 17.9. The number of nitrogens with one attached hydrogen (secondary N) is 1. The maximum absolute atomic E-state index is 12.2. The number of nitrogens with zero attached hydrogens (tertiary/aromatic N) is 1. The van der Waals surface area contributed by atoms with Crippen molar-refractivity contribution in [1.29, 1.82) is 0 Å². The third-order valence-corrected chi connectivity index (χ3v) is 3.80. The van der Waals surface area contributed by atoms with Crippen molar-refractivity contribution < 1.29 is 19.8 Å². The minimum atomic E-state index is -1.21. The Morgan fingerprint density at radius 1 is 1.04 bits per heavy atom. The summed E-state index contributed by atoms with van der Waals surface area (Å²) in [6.07, 6.45) is 6.85. The Kier molecular flexibility index (Phi) is 10.6. The van der Waals surface area contributed by atoms with E-state index >= 15 is 0 Å². The van der Waals surface area contributed by atoms with Gasteiger partial charge in [-0.3, -0.25) is 9.69 Å². The van der Waals surface area contributed by atoms with Crippen molar-refractivity contribution in [3.05, 3.63) is 0 Å². The highest BCUT2D eigenvalue weighted by atomic mass is 16.4. The summed E-state index contributed by atoms with van der Waals surface area (Å²) in [4.78, 5) is 24.6.